The first-order valence-corrected chi connectivity index (χ1v) is 12.8. The van der Waals surface area contributed by atoms with Crippen molar-refractivity contribution in [3.63, 3.8) is 0 Å². The predicted octanol–water partition coefficient (Wildman–Crippen LogP) is 8.58. The van der Waals surface area contributed by atoms with E-state index in [0.29, 0.717) is 0 Å². The van der Waals surface area contributed by atoms with Crippen molar-refractivity contribution >= 4 is 0 Å². The summed E-state index contributed by atoms with van der Waals surface area (Å²) in [6.07, 6.45) is 31.4. The van der Waals surface area contributed by atoms with Crippen LogP contribution in [0.1, 0.15) is 135 Å². The largest absolute Gasteiger partial charge is 0.205 e. The summed E-state index contributed by atoms with van der Waals surface area (Å²) in [6.45, 7) is 5.77. The van der Waals surface area contributed by atoms with Gasteiger partial charge in [-0.1, -0.05) is 110 Å². The SMILES string of the molecule is CCCCCCCCCCCCCCCC[n+]1ccc(CCCCCC)cc1. The van der Waals surface area contributed by atoms with E-state index in [1.807, 2.05) is 0 Å². The number of rotatable bonds is 20. The predicted molar refractivity (Wildman–Crippen MR) is 125 cm³/mol. The summed E-state index contributed by atoms with van der Waals surface area (Å²) < 4.78 is 2.37. The summed E-state index contributed by atoms with van der Waals surface area (Å²) in [6, 6.07) is 4.66. The van der Waals surface area contributed by atoms with Gasteiger partial charge in [0.1, 0.15) is 6.54 Å². The number of pyridine rings is 1. The number of unbranched alkanes of at least 4 members (excludes halogenated alkanes) is 16. The van der Waals surface area contributed by atoms with E-state index in [-0.39, 0.29) is 0 Å². The van der Waals surface area contributed by atoms with E-state index in [1.165, 1.54) is 134 Å². The van der Waals surface area contributed by atoms with Crippen molar-refractivity contribution in [2.45, 2.75) is 142 Å². The fourth-order valence-electron chi connectivity index (χ4n) is 4.05. The van der Waals surface area contributed by atoms with Gasteiger partial charge in [-0.2, -0.15) is 0 Å². The molecule has 162 valence electrons. The Morgan fingerprint density at radius 2 is 0.893 bits per heavy atom. The van der Waals surface area contributed by atoms with Crippen LogP contribution in [0.4, 0.5) is 0 Å². The van der Waals surface area contributed by atoms with Gasteiger partial charge < -0.3 is 0 Å². The first kappa shape index (κ1) is 25.2. The van der Waals surface area contributed by atoms with Gasteiger partial charge in [0.2, 0.25) is 0 Å². The molecule has 0 saturated heterocycles. The molecule has 0 saturated carbocycles. The Labute approximate surface area is 177 Å². The van der Waals surface area contributed by atoms with Crippen LogP contribution < -0.4 is 4.57 Å². The molecule has 0 amide bonds. The normalized spacial score (nSPS) is 11.2. The summed E-state index contributed by atoms with van der Waals surface area (Å²) in [5.74, 6) is 0. The lowest BCUT2D eigenvalue weighted by atomic mass is 10.0. The van der Waals surface area contributed by atoms with E-state index in [2.05, 4.69) is 42.9 Å². The molecule has 1 heteroatoms. The van der Waals surface area contributed by atoms with Crippen molar-refractivity contribution in [2.24, 2.45) is 0 Å². The van der Waals surface area contributed by atoms with Gasteiger partial charge in [-0.25, -0.2) is 4.57 Å². The maximum Gasteiger partial charge on any atom is 0.169 e. The highest BCUT2D eigenvalue weighted by Crippen LogP contribution is 2.13. The van der Waals surface area contributed by atoms with E-state index >= 15 is 0 Å². The van der Waals surface area contributed by atoms with Crippen molar-refractivity contribution in [2.75, 3.05) is 0 Å². The summed E-state index contributed by atoms with van der Waals surface area (Å²) >= 11 is 0. The maximum atomic E-state index is 2.37. The molecular formula is C27H50N+. The Bertz CT molecular complexity index is 422. The second-order valence-corrected chi connectivity index (χ2v) is 8.85. The highest BCUT2D eigenvalue weighted by Gasteiger charge is 2.01. The van der Waals surface area contributed by atoms with Crippen LogP contribution >= 0.6 is 0 Å². The quantitative estimate of drug-likeness (QED) is 0.155. The van der Waals surface area contributed by atoms with Crippen LogP contribution in [-0.4, -0.2) is 0 Å². The van der Waals surface area contributed by atoms with Gasteiger partial charge >= 0.3 is 0 Å². The fourth-order valence-corrected chi connectivity index (χ4v) is 4.05. The van der Waals surface area contributed by atoms with Crippen molar-refractivity contribution in [3.8, 4) is 0 Å². The molecule has 0 spiro atoms. The molecule has 1 nitrogen and oxygen atoms in total. The lowest BCUT2D eigenvalue weighted by Gasteiger charge is -2.03. The molecule has 0 radical (unpaired) electrons. The number of aryl methyl sites for hydroxylation is 2. The zero-order valence-electron chi connectivity index (χ0n) is 19.4. The van der Waals surface area contributed by atoms with Crippen molar-refractivity contribution in [1.82, 2.24) is 0 Å². The van der Waals surface area contributed by atoms with Gasteiger partial charge in [-0.05, 0) is 24.8 Å². The van der Waals surface area contributed by atoms with Crippen LogP contribution in [0.15, 0.2) is 24.5 Å². The van der Waals surface area contributed by atoms with Crippen molar-refractivity contribution in [1.29, 1.82) is 0 Å². The lowest BCUT2D eigenvalue weighted by Crippen LogP contribution is -2.32. The molecule has 0 N–H and O–H groups in total. The molecule has 0 fully saturated rings. The molecule has 0 aliphatic heterocycles. The highest BCUT2D eigenvalue weighted by atomic mass is 14.9. The van der Waals surface area contributed by atoms with Crippen LogP contribution in [0.2, 0.25) is 0 Å². The van der Waals surface area contributed by atoms with Crippen LogP contribution in [0.5, 0.6) is 0 Å². The fraction of sp³-hybridized carbons (Fsp3) is 0.815. The molecule has 1 aromatic heterocycles. The molecule has 0 aliphatic rings. The summed E-state index contributed by atoms with van der Waals surface area (Å²) in [5, 5.41) is 0. The third kappa shape index (κ3) is 15.1. The number of nitrogens with zero attached hydrogens (tertiary/aromatic N) is 1. The minimum absolute atomic E-state index is 1.19. The first-order valence-electron chi connectivity index (χ1n) is 12.8. The Hall–Kier alpha value is -0.850. The molecule has 0 aliphatic carbocycles. The van der Waals surface area contributed by atoms with Crippen LogP contribution in [0.3, 0.4) is 0 Å². The van der Waals surface area contributed by atoms with Crippen molar-refractivity contribution < 1.29 is 4.57 Å². The molecule has 1 rings (SSSR count). The lowest BCUT2D eigenvalue weighted by molar-refractivity contribution is -0.697. The monoisotopic (exact) mass is 388 g/mol. The number of hydrogen-bond donors (Lipinski definition) is 0. The first-order chi connectivity index (χ1) is 13.9. The number of aromatic nitrogens is 1. The van der Waals surface area contributed by atoms with Gasteiger partial charge in [0, 0.05) is 18.6 Å². The average Bonchev–Trinajstić information content (AvgIpc) is 2.72. The minimum Gasteiger partial charge on any atom is -0.205 e. The highest BCUT2D eigenvalue weighted by molar-refractivity contribution is 5.07. The zero-order valence-corrected chi connectivity index (χ0v) is 19.4. The third-order valence-corrected chi connectivity index (χ3v) is 6.05. The van der Waals surface area contributed by atoms with E-state index < -0.39 is 0 Å². The van der Waals surface area contributed by atoms with E-state index in [0.717, 1.165) is 0 Å². The van der Waals surface area contributed by atoms with Gasteiger partial charge in [0.05, 0.1) is 0 Å². The van der Waals surface area contributed by atoms with Crippen molar-refractivity contribution in [3.05, 3.63) is 30.1 Å². The molecule has 0 atom stereocenters. The summed E-state index contributed by atoms with van der Waals surface area (Å²) in [7, 11) is 0. The van der Waals surface area contributed by atoms with Gasteiger partial charge in [-0.3, -0.25) is 0 Å². The number of hydrogen-bond acceptors (Lipinski definition) is 0. The van der Waals surface area contributed by atoms with Crippen LogP contribution in [-0.2, 0) is 13.0 Å². The average molecular weight is 389 g/mol. The second-order valence-electron chi connectivity index (χ2n) is 8.85. The standard InChI is InChI=1S/C27H50N/c1-3-5-7-9-10-11-12-13-14-15-16-17-18-20-24-28-25-22-27(23-26-28)21-19-8-6-4-2/h22-23,25-26H,3-21,24H2,1-2H3/q+1. The van der Waals surface area contributed by atoms with Gasteiger partial charge in [-0.15, -0.1) is 0 Å². The minimum atomic E-state index is 1.19. The molecular weight excluding hydrogens is 338 g/mol. The maximum absolute atomic E-state index is 2.37. The molecule has 0 bridgehead atoms. The van der Waals surface area contributed by atoms with Gasteiger partial charge in [0.25, 0.3) is 0 Å². The summed E-state index contributed by atoms with van der Waals surface area (Å²) in [4.78, 5) is 0. The molecule has 1 aromatic rings. The topological polar surface area (TPSA) is 3.88 Å². The second kappa shape index (κ2) is 19.5. The smallest absolute Gasteiger partial charge is 0.169 e. The molecule has 28 heavy (non-hydrogen) atoms. The molecule has 1 heterocycles. The van der Waals surface area contributed by atoms with E-state index in [1.54, 1.807) is 0 Å². The van der Waals surface area contributed by atoms with Gasteiger partial charge in [0.15, 0.2) is 12.4 Å². The Morgan fingerprint density at radius 1 is 0.500 bits per heavy atom. The Kier molecular flexibility index (Phi) is 17.5. The zero-order chi connectivity index (χ0) is 20.1. The molecule has 0 unspecified atom stereocenters. The Morgan fingerprint density at radius 3 is 1.36 bits per heavy atom. The van der Waals surface area contributed by atoms with Crippen LogP contribution in [0, 0.1) is 0 Å². The Balaban J connectivity index is 1.87. The van der Waals surface area contributed by atoms with Crippen LogP contribution in [0.25, 0.3) is 0 Å². The third-order valence-electron chi connectivity index (χ3n) is 6.05. The molecule has 0 aromatic carbocycles. The van der Waals surface area contributed by atoms with E-state index in [9.17, 15) is 0 Å². The summed E-state index contributed by atoms with van der Waals surface area (Å²) in [5.41, 5.74) is 1.51. The van der Waals surface area contributed by atoms with E-state index in [4.69, 9.17) is 0 Å².